The van der Waals surface area contributed by atoms with Gasteiger partial charge in [0.1, 0.15) is 0 Å². The SMILES string of the molecule is c1ccc(-c2cc(-c3cccc4ccccc34)ccc2-c2ccc3c(c2)c2cc(-c4ccc(-c5cccc6ccccc56)cc4-c4ccccc4)ccc2n3-c2ccc(-c3cccc4ccccc34)c3ccccc23)cc1. The maximum atomic E-state index is 2.51. The van der Waals surface area contributed by atoms with Crippen molar-refractivity contribution in [1.82, 2.24) is 4.57 Å². The molecule has 0 spiro atoms. The topological polar surface area (TPSA) is 4.93 Å². The molecule has 1 heteroatoms. The van der Waals surface area contributed by atoms with Crippen LogP contribution in [-0.4, -0.2) is 4.57 Å². The Morgan fingerprint density at radius 2 is 0.519 bits per heavy atom. The molecule has 0 saturated carbocycles. The van der Waals surface area contributed by atoms with E-state index in [1.54, 1.807) is 0 Å². The molecular weight excluding hydrogens is 927 g/mol. The molecule has 15 rings (SSSR count). The zero-order chi connectivity index (χ0) is 50.8. The summed E-state index contributed by atoms with van der Waals surface area (Å²) < 4.78 is 2.51. The minimum absolute atomic E-state index is 1.15. The van der Waals surface area contributed by atoms with Crippen LogP contribution in [0, 0.1) is 0 Å². The van der Waals surface area contributed by atoms with Gasteiger partial charge >= 0.3 is 0 Å². The van der Waals surface area contributed by atoms with E-state index in [-0.39, 0.29) is 0 Å². The Morgan fingerprint density at radius 1 is 0.169 bits per heavy atom. The van der Waals surface area contributed by atoms with Gasteiger partial charge in [0.15, 0.2) is 0 Å². The van der Waals surface area contributed by atoms with Crippen LogP contribution in [0.25, 0.3) is 148 Å². The zero-order valence-electron chi connectivity index (χ0n) is 42.2. The van der Waals surface area contributed by atoms with E-state index in [1.807, 2.05) is 0 Å². The van der Waals surface area contributed by atoms with Crippen molar-refractivity contribution in [1.29, 1.82) is 0 Å². The van der Waals surface area contributed by atoms with Crippen molar-refractivity contribution in [2.24, 2.45) is 0 Å². The van der Waals surface area contributed by atoms with Crippen molar-refractivity contribution < 1.29 is 0 Å². The molecule has 0 radical (unpaired) electrons. The van der Waals surface area contributed by atoms with Crippen LogP contribution in [0.3, 0.4) is 0 Å². The van der Waals surface area contributed by atoms with Crippen LogP contribution in [0.4, 0.5) is 0 Å². The van der Waals surface area contributed by atoms with E-state index in [2.05, 4.69) is 302 Å². The Bertz CT molecular complexity index is 4550. The van der Waals surface area contributed by atoms with Gasteiger partial charge in [-0.25, -0.2) is 0 Å². The third-order valence-electron chi connectivity index (χ3n) is 16.0. The van der Waals surface area contributed by atoms with E-state index in [1.165, 1.54) is 132 Å². The van der Waals surface area contributed by atoms with E-state index >= 15 is 0 Å². The summed E-state index contributed by atoms with van der Waals surface area (Å²) >= 11 is 0. The van der Waals surface area contributed by atoms with Crippen LogP contribution < -0.4 is 0 Å². The lowest BCUT2D eigenvalue weighted by Crippen LogP contribution is -1.97. The molecule has 0 fully saturated rings. The molecule has 0 bridgehead atoms. The lowest BCUT2D eigenvalue weighted by molar-refractivity contribution is 1.20. The van der Waals surface area contributed by atoms with Gasteiger partial charge < -0.3 is 4.57 Å². The van der Waals surface area contributed by atoms with Crippen molar-refractivity contribution >= 4 is 64.9 Å². The standard InChI is InChI=1S/C76H49N/c1-3-18-53(19-4-1)70-46-55(62-33-15-25-50-22-7-10-28-59(50)62)36-40-64(70)57-38-43-75-72(48-57)73-49-58(65-41-37-56(47-71(65)54-20-5-2-6-21-54)63-34-16-26-51-23-8-11-29-60(51)63)39-44-76(73)77(75)74-45-42-68(67-31-13-14-32-69(67)74)66-35-17-27-52-24-9-12-30-61(52)66/h1-49H. The molecule has 0 aliphatic heterocycles. The Labute approximate surface area is 447 Å². The average molecular weight is 976 g/mol. The fraction of sp³-hybridized carbons (Fsp3) is 0. The first-order valence-corrected chi connectivity index (χ1v) is 26.6. The quantitative estimate of drug-likeness (QED) is 0.143. The van der Waals surface area contributed by atoms with Crippen LogP contribution in [0.5, 0.6) is 0 Å². The van der Waals surface area contributed by atoms with Crippen molar-refractivity contribution in [3.05, 3.63) is 297 Å². The maximum Gasteiger partial charge on any atom is 0.0541 e. The first kappa shape index (κ1) is 44.4. The molecule has 0 N–H and O–H groups in total. The highest BCUT2D eigenvalue weighted by atomic mass is 15.0. The van der Waals surface area contributed by atoms with Crippen LogP contribution in [0.15, 0.2) is 297 Å². The van der Waals surface area contributed by atoms with E-state index < -0.39 is 0 Å². The molecular formula is C76H49N. The monoisotopic (exact) mass is 975 g/mol. The molecule has 0 aliphatic carbocycles. The number of fused-ring (bicyclic) bond motifs is 7. The van der Waals surface area contributed by atoms with Gasteiger partial charge in [0.05, 0.1) is 16.7 Å². The average Bonchev–Trinajstić information content (AvgIpc) is 3.88. The summed E-state index contributed by atoms with van der Waals surface area (Å²) in [4.78, 5) is 0. The Balaban J connectivity index is 0.969. The van der Waals surface area contributed by atoms with Crippen molar-refractivity contribution in [3.8, 4) is 83.6 Å². The second-order valence-electron chi connectivity index (χ2n) is 20.3. The van der Waals surface area contributed by atoms with Gasteiger partial charge in [0.2, 0.25) is 0 Å². The summed E-state index contributed by atoms with van der Waals surface area (Å²) in [7, 11) is 0. The largest absolute Gasteiger partial charge is 0.309 e. The molecule has 0 atom stereocenters. The highest BCUT2D eigenvalue weighted by molar-refractivity contribution is 6.15. The number of benzene rings is 14. The van der Waals surface area contributed by atoms with Gasteiger partial charge in [-0.15, -0.1) is 0 Å². The highest BCUT2D eigenvalue weighted by Gasteiger charge is 2.21. The molecule has 0 amide bonds. The zero-order valence-corrected chi connectivity index (χ0v) is 42.2. The first-order chi connectivity index (χ1) is 38.2. The summed E-state index contributed by atoms with van der Waals surface area (Å²) in [5.41, 5.74) is 20.3. The van der Waals surface area contributed by atoms with Gasteiger partial charge in [-0.2, -0.15) is 0 Å². The van der Waals surface area contributed by atoms with E-state index in [4.69, 9.17) is 0 Å². The van der Waals surface area contributed by atoms with Gasteiger partial charge in [0, 0.05) is 16.2 Å². The van der Waals surface area contributed by atoms with E-state index in [9.17, 15) is 0 Å². The molecule has 14 aromatic carbocycles. The number of nitrogens with zero attached hydrogens (tertiary/aromatic N) is 1. The summed E-state index contributed by atoms with van der Waals surface area (Å²) in [6.45, 7) is 0. The molecule has 1 nitrogen and oxygen atoms in total. The van der Waals surface area contributed by atoms with Crippen molar-refractivity contribution in [2.75, 3.05) is 0 Å². The lowest BCUT2D eigenvalue weighted by Gasteiger charge is -2.17. The van der Waals surface area contributed by atoms with Crippen LogP contribution in [-0.2, 0) is 0 Å². The molecule has 1 heterocycles. The van der Waals surface area contributed by atoms with Crippen molar-refractivity contribution in [3.63, 3.8) is 0 Å². The van der Waals surface area contributed by atoms with Crippen LogP contribution in [0.1, 0.15) is 0 Å². The van der Waals surface area contributed by atoms with Crippen LogP contribution >= 0.6 is 0 Å². The minimum atomic E-state index is 1.15. The molecule has 77 heavy (non-hydrogen) atoms. The fourth-order valence-electron chi connectivity index (χ4n) is 12.4. The summed E-state index contributed by atoms with van der Waals surface area (Å²) in [6, 6.07) is 110. The number of rotatable bonds is 8. The number of hydrogen-bond acceptors (Lipinski definition) is 0. The van der Waals surface area contributed by atoms with Gasteiger partial charge in [-0.3, -0.25) is 0 Å². The number of aromatic nitrogens is 1. The Kier molecular flexibility index (Phi) is 10.6. The lowest BCUT2D eigenvalue weighted by atomic mass is 9.89. The van der Waals surface area contributed by atoms with Gasteiger partial charge in [0.25, 0.3) is 0 Å². The molecule has 15 aromatic rings. The van der Waals surface area contributed by atoms with E-state index in [0.717, 1.165) is 16.7 Å². The molecule has 0 saturated heterocycles. The van der Waals surface area contributed by atoms with E-state index in [0.29, 0.717) is 0 Å². The molecule has 0 unspecified atom stereocenters. The Morgan fingerprint density at radius 3 is 1.01 bits per heavy atom. The molecule has 358 valence electrons. The smallest absolute Gasteiger partial charge is 0.0541 e. The minimum Gasteiger partial charge on any atom is -0.309 e. The summed E-state index contributed by atoms with van der Waals surface area (Å²) in [5, 5.41) is 12.3. The maximum absolute atomic E-state index is 2.51. The fourth-order valence-corrected chi connectivity index (χ4v) is 12.4. The van der Waals surface area contributed by atoms with Gasteiger partial charge in [-0.05, 0) is 158 Å². The predicted octanol–water partition coefficient (Wildman–Crippen LogP) is 21.1. The summed E-state index contributed by atoms with van der Waals surface area (Å²) in [5.74, 6) is 0. The third kappa shape index (κ3) is 7.55. The molecule has 0 aliphatic rings. The second kappa shape index (κ2) is 18.4. The normalized spacial score (nSPS) is 11.6. The highest BCUT2D eigenvalue weighted by Crippen LogP contribution is 2.45. The summed E-state index contributed by atoms with van der Waals surface area (Å²) in [6.07, 6.45) is 0. The first-order valence-electron chi connectivity index (χ1n) is 26.6. The predicted molar refractivity (Wildman–Crippen MR) is 329 cm³/mol. The third-order valence-corrected chi connectivity index (χ3v) is 16.0. The Hall–Kier alpha value is -10.1. The van der Waals surface area contributed by atoms with Gasteiger partial charge in [-0.1, -0.05) is 255 Å². The second-order valence-corrected chi connectivity index (χ2v) is 20.3. The molecule has 1 aromatic heterocycles. The van der Waals surface area contributed by atoms with Crippen LogP contribution in [0.2, 0.25) is 0 Å². The van der Waals surface area contributed by atoms with Crippen molar-refractivity contribution in [2.45, 2.75) is 0 Å². The number of hydrogen-bond donors (Lipinski definition) is 0.